The van der Waals surface area contributed by atoms with E-state index in [1.54, 1.807) is 19.0 Å². The van der Waals surface area contributed by atoms with Gasteiger partial charge in [-0.1, -0.05) is 13.8 Å². The van der Waals surface area contributed by atoms with E-state index in [2.05, 4.69) is 15.4 Å². The van der Waals surface area contributed by atoms with Gasteiger partial charge in [-0.3, -0.25) is 4.79 Å². The van der Waals surface area contributed by atoms with Gasteiger partial charge < -0.3 is 15.2 Å². The highest BCUT2D eigenvalue weighted by Crippen LogP contribution is 2.24. The van der Waals surface area contributed by atoms with E-state index in [4.69, 9.17) is 5.84 Å². The summed E-state index contributed by atoms with van der Waals surface area (Å²) in [5, 5.41) is 0. The van der Waals surface area contributed by atoms with Gasteiger partial charge in [0.05, 0.1) is 6.54 Å². The second kappa shape index (κ2) is 6.51. The second-order valence-corrected chi connectivity index (χ2v) is 5.32. The standard InChI is InChI=1S/C13H24N6O/c1-8(2)11-15-12(17-14)9(3)13(16-11)19(6)7-10(20)18(4)5/h8H,7,14H2,1-6H3,(H,15,16,17). The number of anilines is 2. The van der Waals surface area contributed by atoms with Crippen molar-refractivity contribution in [2.45, 2.75) is 26.7 Å². The maximum Gasteiger partial charge on any atom is 0.241 e. The van der Waals surface area contributed by atoms with Gasteiger partial charge in [0.15, 0.2) is 0 Å². The van der Waals surface area contributed by atoms with Gasteiger partial charge in [-0.15, -0.1) is 0 Å². The lowest BCUT2D eigenvalue weighted by atomic mass is 10.2. The molecule has 0 saturated carbocycles. The number of nitrogen functional groups attached to an aromatic ring is 1. The number of carbonyl (C=O) groups excluding carboxylic acids is 1. The molecule has 0 saturated heterocycles. The van der Waals surface area contributed by atoms with Crippen molar-refractivity contribution in [2.75, 3.05) is 38.0 Å². The largest absolute Gasteiger partial charge is 0.350 e. The summed E-state index contributed by atoms with van der Waals surface area (Å²) in [6.07, 6.45) is 0. The smallest absolute Gasteiger partial charge is 0.241 e. The van der Waals surface area contributed by atoms with Gasteiger partial charge in [0.2, 0.25) is 5.91 Å². The van der Waals surface area contributed by atoms with E-state index in [-0.39, 0.29) is 18.4 Å². The Morgan fingerprint density at radius 1 is 1.30 bits per heavy atom. The first kappa shape index (κ1) is 16.2. The van der Waals surface area contributed by atoms with Crippen LogP contribution in [0.4, 0.5) is 11.6 Å². The van der Waals surface area contributed by atoms with Gasteiger partial charge in [-0.25, -0.2) is 15.8 Å². The fraction of sp³-hybridized carbons (Fsp3) is 0.615. The fourth-order valence-corrected chi connectivity index (χ4v) is 1.71. The fourth-order valence-electron chi connectivity index (χ4n) is 1.71. The molecule has 1 rings (SSSR count). The number of amides is 1. The van der Waals surface area contributed by atoms with Crippen molar-refractivity contribution in [3.8, 4) is 0 Å². The molecule has 7 nitrogen and oxygen atoms in total. The lowest BCUT2D eigenvalue weighted by molar-refractivity contribution is -0.127. The summed E-state index contributed by atoms with van der Waals surface area (Å²) in [5.74, 6) is 7.69. The van der Waals surface area contributed by atoms with E-state index in [1.165, 1.54) is 0 Å². The zero-order valence-electron chi connectivity index (χ0n) is 13.1. The predicted octanol–water partition coefficient (Wildman–Crippen LogP) is 0.718. The van der Waals surface area contributed by atoms with Crippen molar-refractivity contribution in [1.82, 2.24) is 14.9 Å². The Morgan fingerprint density at radius 2 is 1.90 bits per heavy atom. The van der Waals surface area contributed by atoms with Crippen LogP contribution in [-0.4, -0.2) is 48.5 Å². The van der Waals surface area contributed by atoms with Crippen molar-refractivity contribution in [3.05, 3.63) is 11.4 Å². The number of nitrogens with two attached hydrogens (primary N) is 1. The van der Waals surface area contributed by atoms with Crippen molar-refractivity contribution < 1.29 is 4.79 Å². The topological polar surface area (TPSA) is 87.4 Å². The summed E-state index contributed by atoms with van der Waals surface area (Å²) < 4.78 is 0. The molecule has 20 heavy (non-hydrogen) atoms. The van der Waals surface area contributed by atoms with E-state index < -0.39 is 0 Å². The molecule has 1 heterocycles. The maximum absolute atomic E-state index is 11.8. The maximum atomic E-state index is 11.8. The first-order valence-electron chi connectivity index (χ1n) is 6.54. The lowest BCUT2D eigenvalue weighted by Crippen LogP contribution is -2.35. The summed E-state index contributed by atoms with van der Waals surface area (Å²) in [6.45, 7) is 6.16. The first-order chi connectivity index (χ1) is 9.27. The Kier molecular flexibility index (Phi) is 5.26. The van der Waals surface area contributed by atoms with Gasteiger partial charge in [-0.05, 0) is 6.92 Å². The average molecular weight is 280 g/mol. The number of likely N-dealkylation sites (N-methyl/N-ethyl adjacent to an activating group) is 2. The summed E-state index contributed by atoms with van der Waals surface area (Å²) in [4.78, 5) is 24.1. The molecule has 0 atom stereocenters. The molecular formula is C13H24N6O. The Labute approximate surface area is 120 Å². The molecule has 0 spiro atoms. The number of rotatable bonds is 5. The zero-order valence-corrected chi connectivity index (χ0v) is 13.1. The molecular weight excluding hydrogens is 256 g/mol. The molecule has 0 unspecified atom stereocenters. The summed E-state index contributed by atoms with van der Waals surface area (Å²) in [6, 6.07) is 0. The molecule has 7 heteroatoms. The Morgan fingerprint density at radius 3 is 2.35 bits per heavy atom. The van der Waals surface area contributed by atoms with Gasteiger partial charge >= 0.3 is 0 Å². The number of hydrogen-bond donors (Lipinski definition) is 2. The third kappa shape index (κ3) is 3.57. The monoisotopic (exact) mass is 280 g/mol. The predicted molar refractivity (Wildman–Crippen MR) is 80.6 cm³/mol. The van der Waals surface area contributed by atoms with E-state index in [1.807, 2.05) is 32.7 Å². The number of nitrogens with zero attached hydrogens (tertiary/aromatic N) is 4. The molecule has 0 bridgehead atoms. The Hall–Kier alpha value is -1.89. The quantitative estimate of drug-likeness (QED) is 0.610. The van der Waals surface area contributed by atoms with Crippen LogP contribution in [0.25, 0.3) is 0 Å². The molecule has 0 aliphatic rings. The Bertz CT molecular complexity index is 486. The Balaban J connectivity index is 3.15. The molecule has 3 N–H and O–H groups in total. The molecule has 1 amide bonds. The summed E-state index contributed by atoms with van der Waals surface area (Å²) in [5.41, 5.74) is 3.41. The van der Waals surface area contributed by atoms with E-state index in [0.717, 1.165) is 5.56 Å². The van der Waals surface area contributed by atoms with Gasteiger partial charge in [0.1, 0.15) is 17.5 Å². The molecule has 112 valence electrons. The van der Waals surface area contributed by atoms with Crippen LogP contribution in [0.5, 0.6) is 0 Å². The lowest BCUT2D eigenvalue weighted by Gasteiger charge is -2.23. The van der Waals surface area contributed by atoms with E-state index >= 15 is 0 Å². The molecule has 1 aromatic rings. The third-order valence-corrected chi connectivity index (χ3v) is 3.02. The van der Waals surface area contributed by atoms with Crippen molar-refractivity contribution >= 4 is 17.5 Å². The average Bonchev–Trinajstić information content (AvgIpc) is 2.38. The summed E-state index contributed by atoms with van der Waals surface area (Å²) >= 11 is 0. The highest BCUT2D eigenvalue weighted by molar-refractivity contribution is 5.81. The third-order valence-electron chi connectivity index (χ3n) is 3.02. The van der Waals surface area contributed by atoms with Crippen molar-refractivity contribution in [1.29, 1.82) is 0 Å². The number of hydrazine groups is 1. The number of nitrogens with one attached hydrogen (secondary N) is 1. The van der Waals surface area contributed by atoms with Gasteiger partial charge in [0, 0.05) is 32.6 Å². The van der Waals surface area contributed by atoms with Crippen LogP contribution in [0.2, 0.25) is 0 Å². The number of aromatic nitrogens is 2. The van der Waals surface area contributed by atoms with E-state index in [0.29, 0.717) is 17.5 Å². The molecule has 0 aliphatic carbocycles. The highest BCUT2D eigenvalue weighted by Gasteiger charge is 2.17. The SMILES string of the molecule is Cc1c(NN)nc(C(C)C)nc1N(C)CC(=O)N(C)C. The van der Waals surface area contributed by atoms with Crippen LogP contribution in [0.3, 0.4) is 0 Å². The number of carbonyl (C=O) groups is 1. The van der Waals surface area contributed by atoms with Crippen LogP contribution < -0.4 is 16.2 Å². The first-order valence-corrected chi connectivity index (χ1v) is 6.54. The minimum absolute atomic E-state index is 0.0128. The minimum atomic E-state index is 0.0128. The normalized spacial score (nSPS) is 10.6. The van der Waals surface area contributed by atoms with Gasteiger partial charge in [0.25, 0.3) is 0 Å². The van der Waals surface area contributed by atoms with Crippen molar-refractivity contribution in [3.63, 3.8) is 0 Å². The van der Waals surface area contributed by atoms with Crippen LogP contribution >= 0.6 is 0 Å². The molecule has 0 aliphatic heterocycles. The van der Waals surface area contributed by atoms with Crippen LogP contribution in [-0.2, 0) is 4.79 Å². The molecule has 0 radical (unpaired) electrons. The summed E-state index contributed by atoms with van der Waals surface area (Å²) in [7, 11) is 5.30. The van der Waals surface area contributed by atoms with Crippen LogP contribution in [0, 0.1) is 6.92 Å². The second-order valence-electron chi connectivity index (χ2n) is 5.32. The minimum Gasteiger partial charge on any atom is -0.350 e. The molecule has 0 aromatic carbocycles. The van der Waals surface area contributed by atoms with Crippen LogP contribution in [0.1, 0.15) is 31.2 Å². The molecule has 1 aromatic heterocycles. The highest BCUT2D eigenvalue weighted by atomic mass is 16.2. The van der Waals surface area contributed by atoms with Crippen LogP contribution in [0.15, 0.2) is 0 Å². The van der Waals surface area contributed by atoms with Gasteiger partial charge in [-0.2, -0.15) is 0 Å². The van der Waals surface area contributed by atoms with Crippen molar-refractivity contribution in [2.24, 2.45) is 5.84 Å². The number of hydrogen-bond acceptors (Lipinski definition) is 6. The van der Waals surface area contributed by atoms with E-state index in [9.17, 15) is 4.79 Å². The molecule has 0 fully saturated rings. The zero-order chi connectivity index (χ0) is 15.4.